The molecule has 220 valence electrons. The lowest BCUT2D eigenvalue weighted by molar-refractivity contribution is -0.117. The molecule has 0 aliphatic carbocycles. The van der Waals surface area contributed by atoms with E-state index in [0.29, 0.717) is 18.7 Å². The van der Waals surface area contributed by atoms with Gasteiger partial charge in [0.2, 0.25) is 23.5 Å². The maximum Gasteiger partial charge on any atom is 0.374 e. The predicted molar refractivity (Wildman–Crippen MR) is 148 cm³/mol. The minimum atomic E-state index is -0.609. The summed E-state index contributed by atoms with van der Waals surface area (Å²) in [6, 6.07) is 1.48. The van der Waals surface area contributed by atoms with Crippen LogP contribution in [-0.4, -0.2) is 73.0 Å². The highest BCUT2D eigenvalue weighted by atomic mass is 16.5. The smallest absolute Gasteiger partial charge is 0.374 e. The molecule has 3 aromatic heterocycles. The molecule has 6 N–H and O–H groups in total. The van der Waals surface area contributed by atoms with Crippen molar-refractivity contribution >= 4 is 46.9 Å². The number of carbonyl (C=O) groups is 5. The molecular weight excluding hydrogens is 536 g/mol. The maximum absolute atomic E-state index is 12.8. The number of amides is 4. The molecule has 0 unspecified atom stereocenters. The van der Waals surface area contributed by atoms with E-state index in [-0.39, 0.29) is 66.8 Å². The quantitative estimate of drug-likeness (QED) is 0.179. The van der Waals surface area contributed by atoms with Crippen LogP contribution in [0.25, 0.3) is 0 Å². The zero-order valence-electron chi connectivity index (χ0n) is 23.3. The lowest BCUT2D eigenvalue weighted by Crippen LogP contribution is -2.29. The standard InChI is InChI=1S/C25H34N10O6/c1-5-41-25(40)22-31-18(14-35(22)4)32-23(38)16-11-15(12-33(16)2)28-20(37)8-10-27-24(39)21-30-17(13-34(21)3)29-19(36)7-6-9-26/h11-14H,5-10,26H2,1-4H3,(H,27,39)(H,28,37)(H,29,36)(H,32,38). The predicted octanol–water partition coefficient (Wildman–Crippen LogP) is 0.357. The second-order valence-electron chi connectivity index (χ2n) is 9.02. The van der Waals surface area contributed by atoms with Crippen LogP contribution in [0.2, 0.25) is 0 Å². The van der Waals surface area contributed by atoms with Crippen LogP contribution in [0.15, 0.2) is 24.7 Å². The molecule has 0 fully saturated rings. The van der Waals surface area contributed by atoms with Gasteiger partial charge in [0.15, 0.2) is 11.6 Å². The minimum absolute atomic E-state index is 0.0262. The number of nitrogens with zero attached hydrogens (tertiary/aromatic N) is 5. The number of aryl methyl sites for hydroxylation is 3. The Balaban J connectivity index is 1.50. The molecule has 0 saturated carbocycles. The van der Waals surface area contributed by atoms with Crippen LogP contribution >= 0.6 is 0 Å². The van der Waals surface area contributed by atoms with Gasteiger partial charge in [-0.1, -0.05) is 0 Å². The van der Waals surface area contributed by atoms with Crippen molar-refractivity contribution in [1.82, 2.24) is 29.0 Å². The molecule has 3 aromatic rings. The van der Waals surface area contributed by atoms with Crippen LogP contribution in [0.5, 0.6) is 0 Å². The van der Waals surface area contributed by atoms with Crippen molar-refractivity contribution in [2.24, 2.45) is 26.9 Å². The van der Waals surface area contributed by atoms with E-state index in [0.717, 1.165) is 0 Å². The SMILES string of the molecule is CCOC(=O)c1nc(NC(=O)c2cc(NC(=O)CCNC(=O)c3nc(NC(=O)CCCN)cn3C)cn2C)cn1C. The molecule has 3 rings (SSSR count). The van der Waals surface area contributed by atoms with Crippen LogP contribution in [0.3, 0.4) is 0 Å². The van der Waals surface area contributed by atoms with Gasteiger partial charge in [-0.2, -0.15) is 0 Å². The zero-order valence-corrected chi connectivity index (χ0v) is 23.3. The van der Waals surface area contributed by atoms with E-state index >= 15 is 0 Å². The number of ether oxygens (including phenoxy) is 1. The molecule has 0 saturated heterocycles. The van der Waals surface area contributed by atoms with Crippen molar-refractivity contribution < 1.29 is 28.7 Å². The van der Waals surface area contributed by atoms with Gasteiger partial charge >= 0.3 is 5.97 Å². The number of anilines is 3. The maximum atomic E-state index is 12.8. The molecule has 4 amide bonds. The third-order valence-electron chi connectivity index (χ3n) is 5.69. The van der Waals surface area contributed by atoms with Gasteiger partial charge in [0, 0.05) is 59.1 Å². The van der Waals surface area contributed by atoms with Gasteiger partial charge in [0.1, 0.15) is 5.69 Å². The third kappa shape index (κ3) is 8.25. The van der Waals surface area contributed by atoms with E-state index in [9.17, 15) is 24.0 Å². The second-order valence-corrected chi connectivity index (χ2v) is 9.02. The Hall–Kier alpha value is -4.99. The largest absolute Gasteiger partial charge is 0.460 e. The average molecular weight is 571 g/mol. The van der Waals surface area contributed by atoms with E-state index in [1.54, 1.807) is 34.3 Å². The molecule has 3 heterocycles. The summed E-state index contributed by atoms with van der Waals surface area (Å²) < 4.78 is 9.37. The van der Waals surface area contributed by atoms with Crippen molar-refractivity contribution in [3.8, 4) is 0 Å². The van der Waals surface area contributed by atoms with Crippen LogP contribution in [0.1, 0.15) is 57.9 Å². The Labute approximate surface area is 235 Å². The number of carbonyl (C=O) groups excluding carboxylic acids is 5. The van der Waals surface area contributed by atoms with Crippen molar-refractivity contribution in [1.29, 1.82) is 0 Å². The molecule has 0 spiro atoms. The third-order valence-corrected chi connectivity index (χ3v) is 5.69. The van der Waals surface area contributed by atoms with E-state index in [1.165, 1.54) is 32.2 Å². The van der Waals surface area contributed by atoms with E-state index in [4.69, 9.17) is 10.5 Å². The number of aromatic nitrogens is 5. The number of hydrogen-bond acceptors (Lipinski definition) is 9. The summed E-state index contributed by atoms with van der Waals surface area (Å²) in [7, 11) is 4.85. The first kappa shape index (κ1) is 30.6. The fourth-order valence-corrected chi connectivity index (χ4v) is 3.75. The Morgan fingerprint density at radius 3 is 2.15 bits per heavy atom. The van der Waals surface area contributed by atoms with Gasteiger partial charge in [-0.15, -0.1) is 0 Å². The Kier molecular flexibility index (Phi) is 10.3. The number of rotatable bonds is 13. The molecule has 0 aromatic carbocycles. The number of hydrogen-bond donors (Lipinski definition) is 5. The number of esters is 1. The fraction of sp³-hybridized carbons (Fsp3) is 0.400. The lowest BCUT2D eigenvalue weighted by Gasteiger charge is -2.05. The molecule has 16 nitrogen and oxygen atoms in total. The van der Waals surface area contributed by atoms with Gasteiger partial charge in [0.05, 0.1) is 12.3 Å². The Morgan fingerprint density at radius 2 is 1.46 bits per heavy atom. The Morgan fingerprint density at radius 1 is 0.829 bits per heavy atom. The van der Waals surface area contributed by atoms with Gasteiger partial charge < -0.3 is 45.4 Å². The molecule has 0 aliphatic rings. The van der Waals surface area contributed by atoms with Gasteiger partial charge in [-0.3, -0.25) is 19.2 Å². The van der Waals surface area contributed by atoms with Gasteiger partial charge in [-0.05, 0) is 26.0 Å². The lowest BCUT2D eigenvalue weighted by atomic mass is 10.3. The van der Waals surface area contributed by atoms with Crippen LogP contribution < -0.4 is 27.0 Å². The highest BCUT2D eigenvalue weighted by molar-refractivity contribution is 6.04. The molecule has 0 atom stereocenters. The monoisotopic (exact) mass is 570 g/mol. The summed E-state index contributed by atoms with van der Waals surface area (Å²) in [5.74, 6) is -1.75. The molecule has 0 bridgehead atoms. The van der Waals surface area contributed by atoms with Crippen LogP contribution in [0.4, 0.5) is 17.3 Å². The number of nitrogens with one attached hydrogen (secondary N) is 4. The van der Waals surface area contributed by atoms with Crippen LogP contribution in [-0.2, 0) is 35.5 Å². The molecular formula is C25H34N10O6. The normalized spacial score (nSPS) is 10.7. The van der Waals surface area contributed by atoms with Gasteiger partial charge in [0.25, 0.3) is 11.8 Å². The van der Waals surface area contributed by atoms with Crippen molar-refractivity contribution in [2.75, 3.05) is 35.6 Å². The molecule has 41 heavy (non-hydrogen) atoms. The van der Waals surface area contributed by atoms with Crippen molar-refractivity contribution in [3.05, 3.63) is 42.0 Å². The summed E-state index contributed by atoms with van der Waals surface area (Å²) in [6.45, 7) is 2.29. The van der Waals surface area contributed by atoms with Crippen molar-refractivity contribution in [3.63, 3.8) is 0 Å². The molecule has 0 radical (unpaired) electrons. The van der Waals surface area contributed by atoms with Gasteiger partial charge in [-0.25, -0.2) is 14.8 Å². The molecule has 16 heteroatoms. The second kappa shape index (κ2) is 13.9. The van der Waals surface area contributed by atoms with Crippen molar-refractivity contribution in [2.45, 2.75) is 26.2 Å². The topological polar surface area (TPSA) is 209 Å². The van der Waals surface area contributed by atoms with E-state index in [2.05, 4.69) is 31.2 Å². The Bertz CT molecular complexity index is 1440. The first-order valence-electron chi connectivity index (χ1n) is 12.8. The number of imidazole rings is 2. The summed E-state index contributed by atoms with van der Waals surface area (Å²) in [6.07, 6.45) is 5.30. The van der Waals surface area contributed by atoms with E-state index < -0.39 is 17.8 Å². The fourth-order valence-electron chi connectivity index (χ4n) is 3.75. The van der Waals surface area contributed by atoms with E-state index in [1.807, 2.05) is 0 Å². The summed E-state index contributed by atoms with van der Waals surface area (Å²) >= 11 is 0. The summed E-state index contributed by atoms with van der Waals surface area (Å²) in [5, 5.41) is 10.5. The average Bonchev–Trinajstić information content (AvgIpc) is 3.58. The number of nitrogens with two attached hydrogens (primary N) is 1. The summed E-state index contributed by atoms with van der Waals surface area (Å²) in [4.78, 5) is 69.7. The first-order chi connectivity index (χ1) is 19.5. The van der Waals surface area contributed by atoms with Crippen LogP contribution in [0, 0.1) is 0 Å². The zero-order chi connectivity index (χ0) is 30.1. The highest BCUT2D eigenvalue weighted by Crippen LogP contribution is 2.16. The highest BCUT2D eigenvalue weighted by Gasteiger charge is 2.19. The summed E-state index contributed by atoms with van der Waals surface area (Å²) in [5.41, 5.74) is 6.01. The first-order valence-corrected chi connectivity index (χ1v) is 12.8. The molecule has 0 aliphatic heterocycles. The minimum Gasteiger partial charge on any atom is -0.460 e.